The summed E-state index contributed by atoms with van der Waals surface area (Å²) in [5.41, 5.74) is -0.282. The molecule has 0 aliphatic heterocycles. The lowest BCUT2D eigenvalue weighted by Gasteiger charge is -2.13. The van der Waals surface area contributed by atoms with Crippen LogP contribution in [0.1, 0.15) is 5.56 Å². The van der Waals surface area contributed by atoms with Gasteiger partial charge in [0.05, 0.1) is 11.3 Å². The van der Waals surface area contributed by atoms with Gasteiger partial charge in [-0.1, -0.05) is 11.6 Å². The number of ether oxygens (including phenoxy) is 1. The summed E-state index contributed by atoms with van der Waals surface area (Å²) < 4.78 is 49.3. The van der Waals surface area contributed by atoms with Crippen molar-refractivity contribution < 1.29 is 22.3 Å². The maximum absolute atomic E-state index is 12.9. The molecule has 0 N–H and O–H groups in total. The molecule has 0 saturated heterocycles. The van der Waals surface area contributed by atoms with Crippen molar-refractivity contribution in [1.29, 1.82) is 0 Å². The number of hydrogen-bond acceptors (Lipinski definition) is 3. The first-order chi connectivity index (χ1) is 10.9. The summed E-state index contributed by atoms with van der Waals surface area (Å²) >= 11 is 6.09. The maximum atomic E-state index is 12.9. The number of halogens is 4. The summed E-state index contributed by atoms with van der Waals surface area (Å²) in [5.74, 6) is 0.117. The molecule has 118 valence electrons. The third kappa shape index (κ3) is 3.32. The van der Waals surface area contributed by atoms with Crippen LogP contribution in [0.4, 0.5) is 13.2 Å². The Bertz CT molecular complexity index is 816. The van der Waals surface area contributed by atoms with E-state index in [1.165, 1.54) is 24.6 Å². The molecule has 23 heavy (non-hydrogen) atoms. The number of aromatic nitrogens is 1. The third-order valence-electron chi connectivity index (χ3n) is 3.02. The molecule has 3 aromatic rings. The molecule has 2 heterocycles. The zero-order valence-electron chi connectivity index (χ0n) is 11.5. The van der Waals surface area contributed by atoms with Crippen LogP contribution in [0.25, 0.3) is 11.3 Å². The van der Waals surface area contributed by atoms with E-state index in [2.05, 4.69) is 4.98 Å². The molecule has 0 amide bonds. The maximum Gasteiger partial charge on any atom is 0.421 e. The highest BCUT2D eigenvalue weighted by atomic mass is 35.5. The number of rotatable bonds is 3. The number of benzene rings is 1. The predicted octanol–water partition coefficient (Wildman–Crippen LogP) is 5.81. The van der Waals surface area contributed by atoms with E-state index in [-0.39, 0.29) is 10.8 Å². The van der Waals surface area contributed by atoms with Crippen LogP contribution in [-0.4, -0.2) is 4.98 Å². The van der Waals surface area contributed by atoms with Gasteiger partial charge < -0.3 is 9.15 Å². The Kier molecular flexibility index (Phi) is 4.00. The Balaban J connectivity index is 1.93. The minimum Gasteiger partial charge on any atom is -0.464 e. The van der Waals surface area contributed by atoms with Crippen LogP contribution in [0.3, 0.4) is 0 Å². The Morgan fingerprint density at radius 2 is 1.91 bits per heavy atom. The van der Waals surface area contributed by atoms with Gasteiger partial charge in [-0.2, -0.15) is 13.2 Å². The summed E-state index contributed by atoms with van der Waals surface area (Å²) in [6.45, 7) is 0. The number of alkyl halides is 3. The van der Waals surface area contributed by atoms with E-state index >= 15 is 0 Å². The van der Waals surface area contributed by atoms with Crippen molar-refractivity contribution in [2.45, 2.75) is 6.18 Å². The Labute approximate surface area is 134 Å². The van der Waals surface area contributed by atoms with Crippen LogP contribution in [0, 0.1) is 0 Å². The molecule has 0 aliphatic rings. The fraction of sp³-hybridized carbons (Fsp3) is 0.0625. The molecule has 0 fully saturated rings. The molecule has 0 saturated carbocycles. The molecular weight excluding hydrogens is 331 g/mol. The molecule has 0 unspecified atom stereocenters. The summed E-state index contributed by atoms with van der Waals surface area (Å²) in [4.78, 5) is 3.63. The van der Waals surface area contributed by atoms with E-state index in [1.54, 1.807) is 24.3 Å². The number of nitrogens with zero attached hydrogens (tertiary/aromatic N) is 1. The zero-order valence-corrected chi connectivity index (χ0v) is 12.2. The highest BCUT2D eigenvalue weighted by Gasteiger charge is 2.35. The largest absolute Gasteiger partial charge is 0.464 e. The first kappa shape index (κ1) is 15.4. The highest BCUT2D eigenvalue weighted by Crippen LogP contribution is 2.39. The second kappa shape index (κ2) is 5.96. The highest BCUT2D eigenvalue weighted by molar-refractivity contribution is 6.32. The standard InChI is InChI=1S/C16H9ClF3NO2/c17-12-9-10(13-4-2-8-22-13)5-6-14(12)23-15-11(16(18,19)20)3-1-7-21-15/h1-9H. The number of hydrogen-bond donors (Lipinski definition) is 0. The lowest BCUT2D eigenvalue weighted by Crippen LogP contribution is -2.08. The van der Waals surface area contributed by atoms with Gasteiger partial charge in [0.25, 0.3) is 0 Å². The average Bonchev–Trinajstić information content (AvgIpc) is 3.03. The molecular formula is C16H9ClF3NO2. The Hall–Kier alpha value is -2.47. The molecule has 0 atom stereocenters. The lowest BCUT2D eigenvalue weighted by atomic mass is 10.1. The first-order valence-corrected chi connectivity index (χ1v) is 6.86. The van der Waals surface area contributed by atoms with Crippen LogP contribution in [0.2, 0.25) is 5.02 Å². The lowest BCUT2D eigenvalue weighted by molar-refractivity contribution is -0.138. The van der Waals surface area contributed by atoms with Crippen molar-refractivity contribution >= 4 is 11.6 Å². The first-order valence-electron chi connectivity index (χ1n) is 6.48. The van der Waals surface area contributed by atoms with Gasteiger partial charge in [0, 0.05) is 11.8 Å². The predicted molar refractivity (Wildman–Crippen MR) is 78.5 cm³/mol. The van der Waals surface area contributed by atoms with Crippen LogP contribution < -0.4 is 4.74 Å². The smallest absolute Gasteiger partial charge is 0.421 e. The molecule has 3 nitrogen and oxygen atoms in total. The summed E-state index contributed by atoms with van der Waals surface area (Å²) in [7, 11) is 0. The van der Waals surface area contributed by atoms with Gasteiger partial charge in [0.15, 0.2) is 0 Å². The molecule has 3 rings (SSSR count). The second-order valence-corrected chi connectivity index (χ2v) is 4.99. The van der Waals surface area contributed by atoms with Gasteiger partial charge in [-0.05, 0) is 42.5 Å². The van der Waals surface area contributed by atoms with Gasteiger partial charge in [-0.25, -0.2) is 4.98 Å². The van der Waals surface area contributed by atoms with E-state index in [9.17, 15) is 13.2 Å². The van der Waals surface area contributed by atoms with E-state index < -0.39 is 17.6 Å². The molecule has 7 heteroatoms. The SMILES string of the molecule is FC(F)(F)c1cccnc1Oc1ccc(-c2ccco2)cc1Cl. The van der Waals surface area contributed by atoms with Crippen molar-refractivity contribution in [1.82, 2.24) is 4.98 Å². The van der Waals surface area contributed by atoms with Crippen LogP contribution in [-0.2, 0) is 6.18 Å². The molecule has 0 spiro atoms. The topological polar surface area (TPSA) is 35.3 Å². The van der Waals surface area contributed by atoms with Crippen molar-refractivity contribution in [2.24, 2.45) is 0 Å². The fourth-order valence-electron chi connectivity index (χ4n) is 1.97. The molecule has 0 aliphatic carbocycles. The van der Waals surface area contributed by atoms with Gasteiger partial charge in [0.1, 0.15) is 17.1 Å². The average molecular weight is 340 g/mol. The Morgan fingerprint density at radius 3 is 2.57 bits per heavy atom. The molecule has 1 aromatic carbocycles. The van der Waals surface area contributed by atoms with E-state index in [0.717, 1.165) is 6.07 Å². The van der Waals surface area contributed by atoms with E-state index in [4.69, 9.17) is 20.8 Å². The Morgan fingerprint density at radius 1 is 1.09 bits per heavy atom. The quantitative estimate of drug-likeness (QED) is 0.604. The summed E-state index contributed by atoms with van der Waals surface area (Å²) in [6.07, 6.45) is -1.84. The van der Waals surface area contributed by atoms with Crippen LogP contribution in [0.5, 0.6) is 11.6 Å². The normalized spacial score (nSPS) is 11.5. The number of pyridine rings is 1. The van der Waals surface area contributed by atoms with Crippen LogP contribution >= 0.6 is 11.6 Å². The van der Waals surface area contributed by atoms with Gasteiger partial charge in [0.2, 0.25) is 5.88 Å². The monoisotopic (exact) mass is 339 g/mol. The van der Waals surface area contributed by atoms with Crippen molar-refractivity contribution in [3.05, 3.63) is 65.5 Å². The van der Waals surface area contributed by atoms with E-state index in [1.807, 2.05) is 0 Å². The third-order valence-corrected chi connectivity index (χ3v) is 3.32. The molecule has 2 aromatic heterocycles. The molecule has 0 radical (unpaired) electrons. The zero-order chi connectivity index (χ0) is 16.4. The van der Waals surface area contributed by atoms with Gasteiger partial charge in [-0.3, -0.25) is 0 Å². The molecule has 0 bridgehead atoms. The minimum absolute atomic E-state index is 0.0752. The minimum atomic E-state index is -4.57. The second-order valence-electron chi connectivity index (χ2n) is 4.58. The van der Waals surface area contributed by atoms with Crippen molar-refractivity contribution in [2.75, 3.05) is 0 Å². The summed E-state index contributed by atoms with van der Waals surface area (Å²) in [6, 6.07) is 10.2. The van der Waals surface area contributed by atoms with Crippen LogP contribution in [0.15, 0.2) is 59.3 Å². The number of furan rings is 1. The van der Waals surface area contributed by atoms with Crippen molar-refractivity contribution in [3.8, 4) is 23.0 Å². The van der Waals surface area contributed by atoms with E-state index in [0.29, 0.717) is 11.3 Å². The fourth-order valence-corrected chi connectivity index (χ4v) is 2.19. The van der Waals surface area contributed by atoms with Crippen molar-refractivity contribution in [3.63, 3.8) is 0 Å². The summed E-state index contributed by atoms with van der Waals surface area (Å²) in [5, 5.41) is 0.151. The van der Waals surface area contributed by atoms with Gasteiger partial charge in [-0.15, -0.1) is 0 Å². The van der Waals surface area contributed by atoms with Gasteiger partial charge >= 0.3 is 6.18 Å².